The topological polar surface area (TPSA) is 86.7 Å². The zero-order valence-corrected chi connectivity index (χ0v) is 12.0. The maximum absolute atomic E-state index is 12.7. The molecule has 0 saturated carbocycles. The summed E-state index contributed by atoms with van der Waals surface area (Å²) in [6, 6.07) is 8.02. The molecule has 0 aromatic heterocycles. The first-order chi connectivity index (χ1) is 9.86. The molecule has 1 aliphatic heterocycles. The minimum atomic E-state index is -1.26. The zero-order valence-electron chi connectivity index (χ0n) is 12.0. The van der Waals surface area contributed by atoms with Crippen LogP contribution in [0.5, 0.6) is 0 Å². The van der Waals surface area contributed by atoms with Gasteiger partial charge in [0.2, 0.25) is 5.91 Å². The minimum absolute atomic E-state index is 0.345. The van der Waals surface area contributed by atoms with Crippen LogP contribution in [0, 0.1) is 0 Å². The van der Waals surface area contributed by atoms with Gasteiger partial charge >= 0.3 is 5.97 Å². The number of hydrogen-bond donors (Lipinski definition) is 2. The first-order valence-electron chi connectivity index (χ1n) is 6.74. The average Bonchev–Trinajstić information content (AvgIpc) is 2.36. The lowest BCUT2D eigenvalue weighted by atomic mass is 9.87. The molecule has 1 aliphatic rings. The van der Waals surface area contributed by atoms with Gasteiger partial charge in [-0.3, -0.25) is 9.59 Å². The smallest absolute Gasteiger partial charge is 0.326 e. The molecule has 112 valence electrons. The maximum atomic E-state index is 12.7. The highest BCUT2D eigenvalue weighted by atomic mass is 16.4. The molecule has 1 heterocycles. The number of rotatable bonds is 4. The Morgan fingerprint density at radius 3 is 2.33 bits per heavy atom. The lowest BCUT2D eigenvalue weighted by Gasteiger charge is -2.43. The van der Waals surface area contributed by atoms with Gasteiger partial charge in [-0.1, -0.05) is 30.3 Å². The van der Waals surface area contributed by atoms with Gasteiger partial charge in [-0.25, -0.2) is 4.79 Å². The first-order valence-corrected chi connectivity index (χ1v) is 6.74. The van der Waals surface area contributed by atoms with Crippen LogP contribution in [0.4, 0.5) is 0 Å². The molecule has 2 atom stereocenters. The summed E-state index contributed by atoms with van der Waals surface area (Å²) in [5.74, 6) is -1.77. The van der Waals surface area contributed by atoms with Gasteiger partial charge in [0, 0.05) is 13.5 Å². The van der Waals surface area contributed by atoms with Crippen molar-refractivity contribution in [2.45, 2.75) is 31.8 Å². The molecule has 1 fully saturated rings. The van der Waals surface area contributed by atoms with Crippen molar-refractivity contribution in [2.75, 3.05) is 6.54 Å². The second kappa shape index (κ2) is 5.55. The SMILES string of the molecule is CC(=O)NC(C)(C(=O)N1CC[C@H]1C(=O)O)c1ccccc1. The summed E-state index contributed by atoms with van der Waals surface area (Å²) >= 11 is 0. The predicted octanol–water partition coefficient (Wildman–Crippen LogP) is 0.723. The second-order valence-corrected chi connectivity index (χ2v) is 5.31. The van der Waals surface area contributed by atoms with Gasteiger partial charge in [-0.15, -0.1) is 0 Å². The van der Waals surface area contributed by atoms with Crippen molar-refractivity contribution < 1.29 is 19.5 Å². The number of carbonyl (C=O) groups excluding carboxylic acids is 2. The number of hydrogen-bond acceptors (Lipinski definition) is 3. The van der Waals surface area contributed by atoms with Crippen LogP contribution >= 0.6 is 0 Å². The number of likely N-dealkylation sites (tertiary alicyclic amines) is 1. The third-order valence-electron chi connectivity index (χ3n) is 3.77. The molecular formula is C15H18N2O4. The van der Waals surface area contributed by atoms with Gasteiger partial charge in [-0.2, -0.15) is 0 Å². The molecule has 21 heavy (non-hydrogen) atoms. The van der Waals surface area contributed by atoms with Crippen molar-refractivity contribution in [1.29, 1.82) is 0 Å². The first kappa shape index (κ1) is 15.0. The van der Waals surface area contributed by atoms with Crippen LogP contribution in [0.25, 0.3) is 0 Å². The van der Waals surface area contributed by atoms with Gasteiger partial charge in [0.1, 0.15) is 11.6 Å². The number of carbonyl (C=O) groups is 3. The molecule has 0 bridgehead atoms. The Labute approximate surface area is 122 Å². The van der Waals surface area contributed by atoms with E-state index in [9.17, 15) is 14.4 Å². The van der Waals surface area contributed by atoms with Crippen molar-refractivity contribution in [1.82, 2.24) is 10.2 Å². The minimum Gasteiger partial charge on any atom is -0.480 e. The molecule has 1 unspecified atom stereocenters. The van der Waals surface area contributed by atoms with Crippen LogP contribution in [0.1, 0.15) is 25.8 Å². The van der Waals surface area contributed by atoms with E-state index >= 15 is 0 Å². The van der Waals surface area contributed by atoms with E-state index in [1.165, 1.54) is 11.8 Å². The Bertz CT molecular complexity index is 572. The van der Waals surface area contributed by atoms with Crippen LogP contribution in [-0.2, 0) is 19.9 Å². The fraction of sp³-hybridized carbons (Fsp3) is 0.400. The largest absolute Gasteiger partial charge is 0.480 e. The zero-order chi connectivity index (χ0) is 15.6. The van der Waals surface area contributed by atoms with E-state index in [1.54, 1.807) is 31.2 Å². The molecule has 1 aromatic rings. The molecular weight excluding hydrogens is 272 g/mol. The van der Waals surface area contributed by atoms with Crippen molar-refractivity contribution in [3.05, 3.63) is 35.9 Å². The lowest BCUT2D eigenvalue weighted by Crippen LogP contribution is -2.63. The molecule has 6 heteroatoms. The van der Waals surface area contributed by atoms with Crippen molar-refractivity contribution in [3.63, 3.8) is 0 Å². The predicted molar refractivity (Wildman–Crippen MR) is 75.4 cm³/mol. The third-order valence-corrected chi connectivity index (χ3v) is 3.77. The average molecular weight is 290 g/mol. The molecule has 1 aromatic carbocycles. The summed E-state index contributed by atoms with van der Waals surface area (Å²) < 4.78 is 0. The number of benzene rings is 1. The summed E-state index contributed by atoms with van der Waals surface area (Å²) in [4.78, 5) is 36.6. The van der Waals surface area contributed by atoms with Crippen LogP contribution in [0.2, 0.25) is 0 Å². The Morgan fingerprint density at radius 1 is 1.29 bits per heavy atom. The number of amides is 2. The van der Waals surface area contributed by atoms with Crippen LogP contribution < -0.4 is 5.32 Å². The van der Waals surface area contributed by atoms with Crippen molar-refractivity contribution in [2.24, 2.45) is 0 Å². The molecule has 0 aliphatic carbocycles. The fourth-order valence-electron chi connectivity index (χ4n) is 2.55. The lowest BCUT2D eigenvalue weighted by molar-refractivity contribution is -0.161. The van der Waals surface area contributed by atoms with E-state index in [0.29, 0.717) is 18.5 Å². The number of carboxylic acid groups (broad SMARTS) is 1. The van der Waals surface area contributed by atoms with E-state index in [4.69, 9.17) is 5.11 Å². The fourth-order valence-corrected chi connectivity index (χ4v) is 2.55. The van der Waals surface area contributed by atoms with Gasteiger partial charge < -0.3 is 15.3 Å². The summed E-state index contributed by atoms with van der Waals surface area (Å²) in [7, 11) is 0. The monoisotopic (exact) mass is 290 g/mol. The summed E-state index contributed by atoms with van der Waals surface area (Å²) in [6.07, 6.45) is 0.437. The standard InChI is InChI=1S/C15H18N2O4/c1-10(18)16-15(2,11-6-4-3-5-7-11)14(21)17-9-8-12(17)13(19)20/h3-7,12H,8-9H2,1-2H3,(H,16,18)(H,19,20)/t12-,15?/m0/s1. The number of aliphatic carboxylic acids is 1. The third kappa shape index (κ3) is 2.74. The Balaban J connectivity index is 2.34. The maximum Gasteiger partial charge on any atom is 0.326 e. The number of nitrogens with zero attached hydrogens (tertiary/aromatic N) is 1. The number of carboxylic acids is 1. The highest BCUT2D eigenvalue weighted by Gasteiger charge is 2.46. The van der Waals surface area contributed by atoms with E-state index in [2.05, 4.69) is 5.32 Å². The highest BCUT2D eigenvalue weighted by Crippen LogP contribution is 2.28. The van der Waals surface area contributed by atoms with Gasteiger partial charge in [-0.05, 0) is 18.9 Å². The van der Waals surface area contributed by atoms with E-state index in [0.717, 1.165) is 0 Å². The molecule has 2 N–H and O–H groups in total. The quantitative estimate of drug-likeness (QED) is 0.855. The highest BCUT2D eigenvalue weighted by molar-refractivity contribution is 5.95. The van der Waals surface area contributed by atoms with Crippen molar-refractivity contribution in [3.8, 4) is 0 Å². The van der Waals surface area contributed by atoms with Crippen molar-refractivity contribution >= 4 is 17.8 Å². The Kier molecular flexibility index (Phi) is 3.97. The van der Waals surface area contributed by atoms with Gasteiger partial charge in [0.15, 0.2) is 0 Å². The summed E-state index contributed by atoms with van der Waals surface area (Å²) in [5, 5.41) is 11.7. The summed E-state index contributed by atoms with van der Waals surface area (Å²) in [5.41, 5.74) is -0.637. The molecule has 0 spiro atoms. The van der Waals surface area contributed by atoms with E-state index in [1.807, 2.05) is 6.07 Å². The van der Waals surface area contributed by atoms with Crippen LogP contribution in [0.15, 0.2) is 30.3 Å². The second-order valence-electron chi connectivity index (χ2n) is 5.31. The number of nitrogens with one attached hydrogen (secondary N) is 1. The van der Waals surface area contributed by atoms with Crippen LogP contribution in [0.3, 0.4) is 0 Å². The summed E-state index contributed by atoms with van der Waals surface area (Å²) in [6.45, 7) is 3.32. The molecule has 2 amide bonds. The molecule has 2 rings (SSSR count). The Morgan fingerprint density at radius 2 is 1.90 bits per heavy atom. The van der Waals surface area contributed by atoms with Gasteiger partial charge in [0.05, 0.1) is 0 Å². The molecule has 1 saturated heterocycles. The molecule has 6 nitrogen and oxygen atoms in total. The van der Waals surface area contributed by atoms with Crippen LogP contribution in [-0.4, -0.2) is 40.4 Å². The molecule has 0 radical (unpaired) electrons. The van der Waals surface area contributed by atoms with Gasteiger partial charge in [0.25, 0.3) is 5.91 Å². The normalized spacial score (nSPS) is 20.1. The van der Waals surface area contributed by atoms with E-state index in [-0.39, 0.29) is 5.91 Å². The Hall–Kier alpha value is -2.37. The van der Waals surface area contributed by atoms with E-state index < -0.39 is 23.5 Å².